The molecule has 10 rings (SSSR count). The van der Waals surface area contributed by atoms with E-state index in [4.69, 9.17) is 4.42 Å². The number of hydrogen-bond donors (Lipinski definition) is 0. The van der Waals surface area contributed by atoms with Gasteiger partial charge in [0.25, 0.3) is 0 Å². The SMILES string of the molecule is c1ccc(-c2cccc3oc4ccc(N(c5ccc(-c6ccc7ccccc7c6)cc5)c5ccc(C6(c7ccccc7)CCCCCCC6)cc5)cc4c23)cc1. The molecular weight excluding hydrogens is 679 g/mol. The van der Waals surface area contributed by atoms with Gasteiger partial charge in [0.1, 0.15) is 11.2 Å². The molecule has 272 valence electrons. The third-order valence-electron chi connectivity index (χ3n) is 12.2. The molecule has 0 aliphatic heterocycles. The third kappa shape index (κ3) is 6.26. The molecule has 2 nitrogen and oxygen atoms in total. The predicted molar refractivity (Wildman–Crippen MR) is 236 cm³/mol. The second kappa shape index (κ2) is 14.7. The molecule has 0 unspecified atom stereocenters. The van der Waals surface area contributed by atoms with E-state index >= 15 is 0 Å². The monoisotopic (exact) mass is 723 g/mol. The van der Waals surface area contributed by atoms with Crippen LogP contribution < -0.4 is 4.90 Å². The summed E-state index contributed by atoms with van der Waals surface area (Å²) in [7, 11) is 0. The van der Waals surface area contributed by atoms with Crippen molar-refractivity contribution in [3.63, 3.8) is 0 Å². The third-order valence-corrected chi connectivity index (χ3v) is 12.2. The largest absolute Gasteiger partial charge is 0.456 e. The molecule has 0 amide bonds. The number of hydrogen-bond acceptors (Lipinski definition) is 2. The zero-order chi connectivity index (χ0) is 37.3. The van der Waals surface area contributed by atoms with Crippen molar-refractivity contribution >= 4 is 49.8 Å². The van der Waals surface area contributed by atoms with Gasteiger partial charge < -0.3 is 9.32 Å². The number of fused-ring (bicyclic) bond motifs is 4. The molecule has 0 radical (unpaired) electrons. The van der Waals surface area contributed by atoms with Crippen molar-refractivity contribution < 1.29 is 4.42 Å². The smallest absolute Gasteiger partial charge is 0.136 e. The minimum Gasteiger partial charge on any atom is -0.456 e. The first-order valence-electron chi connectivity index (χ1n) is 20.3. The maximum absolute atomic E-state index is 6.49. The van der Waals surface area contributed by atoms with E-state index in [-0.39, 0.29) is 5.41 Å². The van der Waals surface area contributed by atoms with Gasteiger partial charge in [-0.05, 0) is 112 Å². The molecule has 1 saturated carbocycles. The Balaban J connectivity index is 1.11. The normalized spacial score (nSPS) is 14.4. The molecule has 0 N–H and O–H groups in total. The summed E-state index contributed by atoms with van der Waals surface area (Å²) in [6.45, 7) is 0. The molecular formula is C54H45NO. The molecule has 9 aromatic rings. The van der Waals surface area contributed by atoms with Crippen LogP contribution in [0.4, 0.5) is 17.1 Å². The standard InChI is InChI=1S/C54H45NO/c1-2-12-35-54(36-13-3-1,44-19-8-5-9-20-44)45-27-31-47(32-28-45)55(46-29-25-40(26-30-46)43-24-23-39-15-10-11-18-42(39)37-43)48-33-34-51-50(38-48)53-49(21-14-22-52(53)56-51)41-16-6-4-7-17-41/h4-11,14-34,37-38H,1-3,12-13,35-36H2. The fourth-order valence-corrected chi connectivity index (χ4v) is 9.37. The summed E-state index contributed by atoms with van der Waals surface area (Å²) < 4.78 is 6.49. The van der Waals surface area contributed by atoms with E-state index in [0.717, 1.165) is 39.0 Å². The van der Waals surface area contributed by atoms with Crippen molar-refractivity contribution in [2.45, 2.75) is 50.4 Å². The molecule has 1 fully saturated rings. The highest BCUT2D eigenvalue weighted by molar-refractivity contribution is 6.13. The Kier molecular flexibility index (Phi) is 8.96. The van der Waals surface area contributed by atoms with Crippen LogP contribution in [0.25, 0.3) is 55.0 Å². The van der Waals surface area contributed by atoms with E-state index in [0.29, 0.717) is 0 Å². The van der Waals surface area contributed by atoms with Crippen molar-refractivity contribution in [2.75, 3.05) is 4.90 Å². The Bertz CT molecular complexity index is 2750. The molecule has 0 atom stereocenters. The number of anilines is 3. The molecule has 0 bridgehead atoms. The summed E-state index contributed by atoms with van der Waals surface area (Å²) in [5, 5.41) is 4.77. The maximum atomic E-state index is 6.49. The van der Waals surface area contributed by atoms with E-state index in [1.807, 2.05) is 0 Å². The minimum atomic E-state index is 0.0228. The van der Waals surface area contributed by atoms with Gasteiger partial charge >= 0.3 is 0 Å². The van der Waals surface area contributed by atoms with Crippen LogP contribution in [0.1, 0.15) is 56.1 Å². The second-order valence-corrected chi connectivity index (χ2v) is 15.5. The van der Waals surface area contributed by atoms with Gasteiger partial charge in [0.15, 0.2) is 0 Å². The average Bonchev–Trinajstić information content (AvgIpc) is 3.63. The van der Waals surface area contributed by atoms with Gasteiger partial charge in [-0.1, -0.05) is 166 Å². The lowest BCUT2D eigenvalue weighted by Gasteiger charge is -2.37. The summed E-state index contributed by atoms with van der Waals surface area (Å²) in [5.41, 5.74) is 12.8. The van der Waals surface area contributed by atoms with Gasteiger partial charge in [0.2, 0.25) is 0 Å². The van der Waals surface area contributed by atoms with Crippen LogP contribution in [0.5, 0.6) is 0 Å². The first-order valence-corrected chi connectivity index (χ1v) is 20.3. The van der Waals surface area contributed by atoms with Gasteiger partial charge in [0.05, 0.1) is 0 Å². The first-order chi connectivity index (χ1) is 27.7. The van der Waals surface area contributed by atoms with Gasteiger partial charge in [-0.3, -0.25) is 0 Å². The molecule has 0 spiro atoms. The van der Waals surface area contributed by atoms with E-state index in [1.54, 1.807) is 0 Å². The molecule has 2 heteroatoms. The quantitative estimate of drug-likeness (QED) is 0.163. The maximum Gasteiger partial charge on any atom is 0.136 e. The van der Waals surface area contributed by atoms with Crippen LogP contribution in [-0.4, -0.2) is 0 Å². The minimum absolute atomic E-state index is 0.0228. The molecule has 1 aromatic heterocycles. The lowest BCUT2D eigenvalue weighted by molar-refractivity contribution is 0.366. The number of furan rings is 1. The van der Waals surface area contributed by atoms with E-state index in [2.05, 4.69) is 193 Å². The average molecular weight is 724 g/mol. The van der Waals surface area contributed by atoms with Gasteiger partial charge in [0, 0.05) is 33.2 Å². The van der Waals surface area contributed by atoms with Crippen molar-refractivity contribution in [1.82, 2.24) is 0 Å². The Morgan fingerprint density at radius 3 is 1.75 bits per heavy atom. The number of nitrogens with zero attached hydrogens (tertiary/aromatic N) is 1. The van der Waals surface area contributed by atoms with Gasteiger partial charge in [-0.25, -0.2) is 0 Å². The Morgan fingerprint density at radius 2 is 1.00 bits per heavy atom. The van der Waals surface area contributed by atoms with Crippen molar-refractivity contribution in [1.29, 1.82) is 0 Å². The predicted octanol–water partition coefficient (Wildman–Crippen LogP) is 15.6. The zero-order valence-corrected chi connectivity index (χ0v) is 31.7. The van der Waals surface area contributed by atoms with E-state index in [9.17, 15) is 0 Å². The highest BCUT2D eigenvalue weighted by Crippen LogP contribution is 2.46. The lowest BCUT2D eigenvalue weighted by atomic mass is 9.67. The Hall–Kier alpha value is -6.38. The summed E-state index contributed by atoms with van der Waals surface area (Å²) in [5.74, 6) is 0. The lowest BCUT2D eigenvalue weighted by Crippen LogP contribution is -2.29. The van der Waals surface area contributed by atoms with Crippen LogP contribution in [0.15, 0.2) is 192 Å². The van der Waals surface area contributed by atoms with Crippen molar-refractivity contribution in [3.05, 3.63) is 199 Å². The van der Waals surface area contributed by atoms with Crippen molar-refractivity contribution in [2.24, 2.45) is 0 Å². The molecule has 1 aliphatic carbocycles. The van der Waals surface area contributed by atoms with Gasteiger partial charge in [-0.15, -0.1) is 0 Å². The van der Waals surface area contributed by atoms with Crippen LogP contribution in [0.3, 0.4) is 0 Å². The Morgan fingerprint density at radius 1 is 0.393 bits per heavy atom. The zero-order valence-electron chi connectivity index (χ0n) is 31.7. The molecule has 0 saturated heterocycles. The van der Waals surface area contributed by atoms with Crippen LogP contribution in [-0.2, 0) is 5.41 Å². The highest BCUT2D eigenvalue weighted by atomic mass is 16.3. The fourth-order valence-electron chi connectivity index (χ4n) is 9.37. The number of rotatable bonds is 7. The number of benzene rings is 8. The van der Waals surface area contributed by atoms with Crippen LogP contribution >= 0.6 is 0 Å². The van der Waals surface area contributed by atoms with Gasteiger partial charge in [-0.2, -0.15) is 0 Å². The fraction of sp³-hybridized carbons (Fsp3) is 0.148. The van der Waals surface area contributed by atoms with Crippen LogP contribution in [0.2, 0.25) is 0 Å². The molecule has 1 aliphatic rings. The highest BCUT2D eigenvalue weighted by Gasteiger charge is 2.34. The summed E-state index contributed by atoms with van der Waals surface area (Å²) in [6, 6.07) is 68.9. The Labute approximate surface area is 329 Å². The van der Waals surface area contributed by atoms with E-state index in [1.165, 1.54) is 89.1 Å². The first kappa shape index (κ1) is 34.1. The summed E-state index contributed by atoms with van der Waals surface area (Å²) >= 11 is 0. The topological polar surface area (TPSA) is 16.4 Å². The second-order valence-electron chi connectivity index (χ2n) is 15.5. The summed E-state index contributed by atoms with van der Waals surface area (Å²) in [4.78, 5) is 2.41. The molecule has 1 heterocycles. The van der Waals surface area contributed by atoms with E-state index < -0.39 is 0 Å². The summed E-state index contributed by atoms with van der Waals surface area (Å²) in [6.07, 6.45) is 8.86. The molecule has 56 heavy (non-hydrogen) atoms. The van der Waals surface area contributed by atoms with Crippen molar-refractivity contribution in [3.8, 4) is 22.3 Å². The molecule has 8 aromatic carbocycles. The van der Waals surface area contributed by atoms with Crippen LogP contribution in [0, 0.1) is 0 Å².